The molecule has 2 nitrogen and oxygen atoms in total. The maximum atomic E-state index is 5.06. The van der Waals surface area contributed by atoms with Crippen molar-refractivity contribution in [2.45, 2.75) is 6.42 Å². The molecule has 14 heavy (non-hydrogen) atoms. The van der Waals surface area contributed by atoms with Crippen molar-refractivity contribution in [2.75, 3.05) is 0 Å². The number of rotatable bonds is 0. The van der Waals surface area contributed by atoms with Gasteiger partial charge in [0.2, 0.25) is 0 Å². The second-order valence-corrected chi connectivity index (χ2v) is 4.64. The van der Waals surface area contributed by atoms with Gasteiger partial charge in [-0.05, 0) is 23.8 Å². The van der Waals surface area contributed by atoms with Crippen LogP contribution >= 0.6 is 28.1 Å². The minimum atomic E-state index is 0.709. The quantitative estimate of drug-likeness (QED) is 0.601. The van der Waals surface area contributed by atoms with E-state index in [1.54, 1.807) is 0 Å². The summed E-state index contributed by atoms with van der Waals surface area (Å²) >= 11 is 8.62. The molecule has 1 aromatic carbocycles. The number of halogens is 1. The van der Waals surface area contributed by atoms with Crippen LogP contribution in [0.25, 0.3) is 11.3 Å². The topological polar surface area (TPSA) is 31.6 Å². The van der Waals surface area contributed by atoms with Crippen LogP contribution in [0.15, 0.2) is 22.7 Å². The Hall–Kier alpha value is -0.870. The zero-order valence-corrected chi connectivity index (χ0v) is 9.63. The lowest BCUT2D eigenvalue weighted by molar-refractivity contribution is 1.12. The van der Waals surface area contributed by atoms with Gasteiger partial charge in [-0.3, -0.25) is 0 Å². The van der Waals surface area contributed by atoms with Crippen LogP contribution in [-0.2, 0) is 6.42 Å². The van der Waals surface area contributed by atoms with E-state index in [0.29, 0.717) is 4.77 Å². The number of H-pyrrole nitrogens is 2. The molecule has 0 saturated carbocycles. The smallest absolute Gasteiger partial charge is 0.175 e. The highest BCUT2D eigenvalue weighted by Crippen LogP contribution is 2.37. The summed E-state index contributed by atoms with van der Waals surface area (Å²) in [5, 5.41) is 0. The SMILES string of the molecule is S=c1[nH]c2c([nH]1)-c1cccc(Br)c1C2. The maximum Gasteiger partial charge on any atom is 0.175 e. The lowest BCUT2D eigenvalue weighted by Gasteiger charge is -2.00. The molecule has 2 N–H and O–H groups in total. The first-order valence-electron chi connectivity index (χ1n) is 4.34. The number of hydrogen-bond donors (Lipinski definition) is 2. The van der Waals surface area contributed by atoms with Crippen molar-refractivity contribution in [2.24, 2.45) is 0 Å². The summed E-state index contributed by atoms with van der Waals surface area (Å²) < 4.78 is 1.87. The van der Waals surface area contributed by atoms with E-state index in [0.717, 1.165) is 12.1 Å². The van der Waals surface area contributed by atoms with Crippen LogP contribution in [0.3, 0.4) is 0 Å². The number of fused-ring (bicyclic) bond motifs is 3. The van der Waals surface area contributed by atoms with Gasteiger partial charge in [0.1, 0.15) is 0 Å². The number of aromatic amines is 2. The van der Waals surface area contributed by atoms with E-state index in [2.05, 4.69) is 38.0 Å². The zero-order valence-electron chi connectivity index (χ0n) is 7.23. The summed E-state index contributed by atoms with van der Waals surface area (Å²) in [6.07, 6.45) is 0.930. The van der Waals surface area contributed by atoms with E-state index in [1.165, 1.54) is 21.3 Å². The summed E-state index contributed by atoms with van der Waals surface area (Å²) in [6.45, 7) is 0. The Bertz CT molecular complexity index is 568. The van der Waals surface area contributed by atoms with Crippen molar-refractivity contribution >= 4 is 28.1 Å². The molecular formula is C10H7BrN2S. The molecule has 4 heteroatoms. The van der Waals surface area contributed by atoms with Gasteiger partial charge in [-0.1, -0.05) is 28.1 Å². The lowest BCUT2D eigenvalue weighted by atomic mass is 10.1. The molecule has 2 aromatic rings. The third-order valence-electron chi connectivity index (χ3n) is 2.55. The van der Waals surface area contributed by atoms with Gasteiger partial charge >= 0.3 is 0 Å². The highest BCUT2D eigenvalue weighted by molar-refractivity contribution is 9.10. The van der Waals surface area contributed by atoms with Crippen LogP contribution in [0.2, 0.25) is 0 Å². The van der Waals surface area contributed by atoms with Gasteiger partial charge in [-0.15, -0.1) is 0 Å². The van der Waals surface area contributed by atoms with Crippen LogP contribution in [0.1, 0.15) is 11.3 Å². The van der Waals surface area contributed by atoms with Crippen LogP contribution in [-0.4, -0.2) is 9.97 Å². The first kappa shape index (κ1) is 8.44. The first-order valence-corrected chi connectivity index (χ1v) is 5.55. The van der Waals surface area contributed by atoms with Crippen LogP contribution < -0.4 is 0 Å². The molecule has 0 amide bonds. The first-order chi connectivity index (χ1) is 6.75. The minimum Gasteiger partial charge on any atom is -0.334 e. The molecule has 0 spiro atoms. The molecule has 0 atom stereocenters. The predicted molar refractivity (Wildman–Crippen MR) is 61.9 cm³/mol. The highest BCUT2D eigenvalue weighted by Gasteiger charge is 2.21. The molecule has 0 radical (unpaired) electrons. The molecule has 0 saturated heterocycles. The Labute approximate surface area is 94.5 Å². The van der Waals surface area contributed by atoms with Crippen LogP contribution in [0.4, 0.5) is 0 Å². The average molecular weight is 267 g/mol. The van der Waals surface area contributed by atoms with Gasteiger partial charge in [0.05, 0.1) is 5.69 Å². The fourth-order valence-corrected chi connectivity index (χ4v) is 2.66. The highest BCUT2D eigenvalue weighted by atomic mass is 79.9. The molecule has 1 aromatic heterocycles. The van der Waals surface area contributed by atoms with Gasteiger partial charge in [0, 0.05) is 22.2 Å². The summed E-state index contributed by atoms with van der Waals surface area (Å²) in [7, 11) is 0. The number of hydrogen-bond acceptors (Lipinski definition) is 1. The molecule has 0 fully saturated rings. The lowest BCUT2D eigenvalue weighted by Crippen LogP contribution is -1.84. The monoisotopic (exact) mass is 266 g/mol. The van der Waals surface area contributed by atoms with Crippen molar-refractivity contribution in [3.05, 3.63) is 38.7 Å². The second kappa shape index (κ2) is 2.81. The van der Waals surface area contributed by atoms with E-state index >= 15 is 0 Å². The van der Waals surface area contributed by atoms with Crippen molar-refractivity contribution in [3.63, 3.8) is 0 Å². The van der Waals surface area contributed by atoms with Crippen molar-refractivity contribution in [1.82, 2.24) is 9.97 Å². The molecular weight excluding hydrogens is 260 g/mol. The van der Waals surface area contributed by atoms with Gasteiger partial charge in [-0.25, -0.2) is 0 Å². The van der Waals surface area contributed by atoms with Gasteiger partial charge < -0.3 is 9.97 Å². The number of aromatic nitrogens is 2. The fourth-order valence-electron chi connectivity index (χ4n) is 1.93. The Morgan fingerprint density at radius 2 is 2.14 bits per heavy atom. The molecule has 70 valence electrons. The molecule has 1 heterocycles. The van der Waals surface area contributed by atoms with E-state index < -0.39 is 0 Å². The minimum absolute atomic E-state index is 0.709. The predicted octanol–water partition coefficient (Wildman–Crippen LogP) is 3.41. The standard InChI is InChI=1S/C10H7BrN2S/c11-7-3-1-2-5-6(7)4-8-9(5)13-10(14)12-8/h1-3H,4H2,(H2,12,13,14). The van der Waals surface area contributed by atoms with Gasteiger partial charge in [-0.2, -0.15) is 0 Å². The van der Waals surface area contributed by atoms with Gasteiger partial charge in [0.15, 0.2) is 4.77 Å². The summed E-state index contributed by atoms with van der Waals surface area (Å²) in [6, 6.07) is 6.23. The van der Waals surface area contributed by atoms with E-state index in [9.17, 15) is 0 Å². The van der Waals surface area contributed by atoms with Crippen molar-refractivity contribution < 1.29 is 0 Å². The molecule has 0 aliphatic heterocycles. The van der Waals surface area contributed by atoms with Crippen molar-refractivity contribution in [1.29, 1.82) is 0 Å². The average Bonchev–Trinajstić information content (AvgIpc) is 2.63. The number of benzene rings is 1. The molecule has 0 bridgehead atoms. The summed E-state index contributed by atoms with van der Waals surface area (Å²) in [5.41, 5.74) is 4.92. The third-order valence-corrected chi connectivity index (χ3v) is 3.49. The Morgan fingerprint density at radius 3 is 3.00 bits per heavy atom. The Morgan fingerprint density at radius 1 is 1.29 bits per heavy atom. The van der Waals surface area contributed by atoms with Gasteiger partial charge in [0.25, 0.3) is 0 Å². The molecule has 1 aliphatic rings. The molecule has 0 unspecified atom stereocenters. The van der Waals surface area contributed by atoms with E-state index in [1.807, 2.05) is 6.07 Å². The Balaban J connectivity index is 2.35. The summed E-state index contributed by atoms with van der Waals surface area (Å²) in [5.74, 6) is 0. The van der Waals surface area contributed by atoms with E-state index in [4.69, 9.17) is 12.2 Å². The zero-order chi connectivity index (χ0) is 9.71. The van der Waals surface area contributed by atoms with Crippen LogP contribution in [0.5, 0.6) is 0 Å². The maximum absolute atomic E-state index is 5.06. The number of imidazole rings is 1. The second-order valence-electron chi connectivity index (χ2n) is 3.38. The van der Waals surface area contributed by atoms with Crippen LogP contribution in [0, 0.1) is 4.77 Å². The number of nitrogens with one attached hydrogen (secondary N) is 2. The molecule has 1 aliphatic carbocycles. The third kappa shape index (κ3) is 1.04. The largest absolute Gasteiger partial charge is 0.334 e. The van der Waals surface area contributed by atoms with E-state index in [-0.39, 0.29) is 0 Å². The normalized spacial score (nSPS) is 12.6. The fraction of sp³-hybridized carbons (Fsp3) is 0.100. The summed E-state index contributed by atoms with van der Waals surface area (Å²) in [4.78, 5) is 6.35. The van der Waals surface area contributed by atoms with Crippen molar-refractivity contribution in [3.8, 4) is 11.3 Å². The molecule has 3 rings (SSSR count). The Kier molecular flexibility index (Phi) is 1.69.